The highest BCUT2D eigenvalue weighted by Crippen LogP contribution is 1.94. The Morgan fingerprint density at radius 2 is 2.00 bits per heavy atom. The fraction of sp³-hybridized carbons (Fsp3) is 1.00. The van der Waals surface area contributed by atoms with Gasteiger partial charge in [-0.15, -0.1) is 0 Å². The third-order valence-electron chi connectivity index (χ3n) is 0.338. The van der Waals surface area contributed by atoms with Gasteiger partial charge in [-0.2, -0.15) is 0 Å². The maximum Gasteiger partial charge on any atom is 0.263 e. The maximum atomic E-state index is 11.0. The summed E-state index contributed by atoms with van der Waals surface area (Å²) in [6.45, 7) is -1.37. The van der Waals surface area contributed by atoms with E-state index in [1.54, 1.807) is 0 Å². The second kappa shape index (κ2) is 3.04. The van der Waals surface area contributed by atoms with Gasteiger partial charge >= 0.3 is 0 Å². The molecule has 0 amide bonds. The van der Waals surface area contributed by atoms with E-state index in [4.69, 9.17) is 0 Å². The van der Waals surface area contributed by atoms with Crippen molar-refractivity contribution in [1.29, 1.82) is 0 Å². The first kappa shape index (κ1) is 8.73. The SMILES string of the molecule is O=S(=O)([O-])OCC(F)F. The first-order valence-electron chi connectivity index (χ1n) is 1.80. The van der Waals surface area contributed by atoms with Gasteiger partial charge < -0.3 is 4.55 Å². The van der Waals surface area contributed by atoms with Crippen molar-refractivity contribution in [3.63, 3.8) is 0 Å². The fourth-order valence-electron chi connectivity index (χ4n) is 0.135. The van der Waals surface area contributed by atoms with Crippen molar-refractivity contribution in [3.8, 4) is 0 Å². The molecule has 9 heavy (non-hydrogen) atoms. The molecule has 0 N–H and O–H groups in total. The Morgan fingerprint density at radius 3 is 2.11 bits per heavy atom. The number of alkyl halides is 2. The van der Waals surface area contributed by atoms with E-state index in [2.05, 4.69) is 4.18 Å². The molecule has 0 aliphatic rings. The van der Waals surface area contributed by atoms with E-state index < -0.39 is 23.4 Å². The van der Waals surface area contributed by atoms with Crippen LogP contribution in [0.15, 0.2) is 0 Å². The van der Waals surface area contributed by atoms with E-state index in [9.17, 15) is 21.8 Å². The van der Waals surface area contributed by atoms with Crippen molar-refractivity contribution in [1.82, 2.24) is 0 Å². The summed E-state index contributed by atoms with van der Waals surface area (Å²) in [6.07, 6.45) is -2.94. The van der Waals surface area contributed by atoms with Crippen LogP contribution in [0.5, 0.6) is 0 Å². The standard InChI is InChI=1S/C2H4F2O4S/c3-2(4)1-8-9(5,6)7/h2H,1H2,(H,5,6,7)/p-1. The molecule has 0 saturated carbocycles. The Bertz CT molecular complexity index is 161. The molecule has 0 bridgehead atoms. The zero-order chi connectivity index (χ0) is 7.49. The summed E-state index contributed by atoms with van der Waals surface area (Å²) in [6, 6.07) is 0. The van der Waals surface area contributed by atoms with Gasteiger partial charge in [-0.05, 0) is 0 Å². The highest BCUT2D eigenvalue weighted by atomic mass is 32.3. The van der Waals surface area contributed by atoms with Crippen molar-refractivity contribution in [2.45, 2.75) is 6.43 Å². The minimum atomic E-state index is -4.95. The lowest BCUT2D eigenvalue weighted by molar-refractivity contribution is 0.0774. The minimum Gasteiger partial charge on any atom is -0.726 e. The van der Waals surface area contributed by atoms with Crippen LogP contribution in [0.2, 0.25) is 0 Å². The van der Waals surface area contributed by atoms with Crippen molar-refractivity contribution in [2.75, 3.05) is 6.61 Å². The summed E-state index contributed by atoms with van der Waals surface area (Å²) in [4.78, 5) is 0. The highest BCUT2D eigenvalue weighted by Gasteiger charge is 2.04. The van der Waals surface area contributed by atoms with E-state index in [-0.39, 0.29) is 0 Å². The number of rotatable bonds is 3. The summed E-state index contributed by atoms with van der Waals surface area (Å²) in [5.74, 6) is 0. The van der Waals surface area contributed by atoms with Gasteiger partial charge in [-0.1, -0.05) is 0 Å². The molecular weight excluding hydrogens is 158 g/mol. The summed E-state index contributed by atoms with van der Waals surface area (Å²) >= 11 is 0. The second-order valence-corrected chi connectivity index (χ2v) is 2.14. The van der Waals surface area contributed by atoms with Gasteiger partial charge in [0.05, 0.1) is 0 Å². The van der Waals surface area contributed by atoms with E-state index in [0.717, 1.165) is 0 Å². The Morgan fingerprint density at radius 1 is 1.56 bits per heavy atom. The first-order chi connectivity index (χ1) is 3.92. The third kappa shape index (κ3) is 7.73. The molecule has 0 radical (unpaired) electrons. The Kier molecular flexibility index (Phi) is 2.95. The van der Waals surface area contributed by atoms with Crippen LogP contribution in [0.1, 0.15) is 0 Å². The van der Waals surface area contributed by atoms with Gasteiger partial charge in [-0.3, -0.25) is 4.18 Å². The molecule has 0 rings (SSSR count). The Labute approximate surface area is 50.4 Å². The molecule has 0 aliphatic heterocycles. The lowest BCUT2D eigenvalue weighted by Crippen LogP contribution is -2.10. The van der Waals surface area contributed by atoms with Crippen molar-refractivity contribution in [2.24, 2.45) is 0 Å². The van der Waals surface area contributed by atoms with E-state index in [0.29, 0.717) is 0 Å². The van der Waals surface area contributed by atoms with Gasteiger partial charge in [0, 0.05) is 0 Å². The van der Waals surface area contributed by atoms with Crippen LogP contribution < -0.4 is 0 Å². The summed E-state index contributed by atoms with van der Waals surface area (Å²) < 4.78 is 53.5. The van der Waals surface area contributed by atoms with Crippen LogP contribution in [-0.2, 0) is 14.6 Å². The van der Waals surface area contributed by atoms with Crippen LogP contribution in [0, 0.1) is 0 Å². The normalized spacial score (nSPS) is 12.4. The third-order valence-corrected chi connectivity index (χ3v) is 0.763. The maximum absolute atomic E-state index is 11.0. The van der Waals surface area contributed by atoms with Gasteiger partial charge in [0.25, 0.3) is 6.43 Å². The van der Waals surface area contributed by atoms with Crippen molar-refractivity contribution < 1.29 is 25.9 Å². The van der Waals surface area contributed by atoms with Crippen LogP contribution >= 0.6 is 0 Å². The Balaban J connectivity index is 3.53. The minimum absolute atomic E-state index is 1.37. The molecule has 56 valence electrons. The average molecular weight is 161 g/mol. The van der Waals surface area contributed by atoms with Crippen LogP contribution in [0.3, 0.4) is 0 Å². The summed E-state index contributed by atoms with van der Waals surface area (Å²) in [7, 11) is -4.95. The monoisotopic (exact) mass is 161 g/mol. The fourth-order valence-corrected chi connectivity index (χ4v) is 0.404. The molecule has 0 unspecified atom stereocenters. The molecule has 0 fully saturated rings. The smallest absolute Gasteiger partial charge is 0.263 e. The molecule has 0 aromatic carbocycles. The largest absolute Gasteiger partial charge is 0.726 e. The summed E-state index contributed by atoms with van der Waals surface area (Å²) in [5, 5.41) is 0. The topological polar surface area (TPSA) is 66.4 Å². The molecule has 0 heterocycles. The van der Waals surface area contributed by atoms with E-state index >= 15 is 0 Å². The van der Waals surface area contributed by atoms with Gasteiger partial charge in [-0.25, -0.2) is 17.2 Å². The van der Waals surface area contributed by atoms with Crippen LogP contribution in [-0.4, -0.2) is 26.0 Å². The van der Waals surface area contributed by atoms with Crippen LogP contribution in [0.25, 0.3) is 0 Å². The Hall–Kier alpha value is -0.270. The number of halogens is 2. The number of hydrogen-bond acceptors (Lipinski definition) is 4. The predicted octanol–water partition coefficient (Wildman–Crippen LogP) is -0.272. The zero-order valence-corrected chi connectivity index (χ0v) is 4.90. The molecule has 0 aliphatic carbocycles. The first-order valence-corrected chi connectivity index (χ1v) is 3.13. The summed E-state index contributed by atoms with van der Waals surface area (Å²) in [5.41, 5.74) is 0. The lowest BCUT2D eigenvalue weighted by atomic mass is 10.8. The van der Waals surface area contributed by atoms with Crippen LogP contribution in [0.4, 0.5) is 8.78 Å². The van der Waals surface area contributed by atoms with Crippen molar-refractivity contribution in [3.05, 3.63) is 0 Å². The number of hydrogen-bond donors (Lipinski definition) is 0. The van der Waals surface area contributed by atoms with Gasteiger partial charge in [0.15, 0.2) is 0 Å². The molecule has 0 saturated heterocycles. The molecular formula is C2H3F2O4S-. The molecule has 7 heteroatoms. The molecule has 4 nitrogen and oxygen atoms in total. The van der Waals surface area contributed by atoms with E-state index in [1.807, 2.05) is 0 Å². The zero-order valence-electron chi connectivity index (χ0n) is 4.08. The quantitative estimate of drug-likeness (QED) is 0.422. The molecule has 0 atom stereocenters. The van der Waals surface area contributed by atoms with Gasteiger partial charge in [0.2, 0.25) is 10.4 Å². The molecule has 0 spiro atoms. The van der Waals surface area contributed by atoms with E-state index in [1.165, 1.54) is 0 Å². The van der Waals surface area contributed by atoms with Gasteiger partial charge in [0.1, 0.15) is 6.61 Å². The van der Waals surface area contributed by atoms with Crippen molar-refractivity contribution >= 4 is 10.4 Å². The second-order valence-electron chi connectivity index (χ2n) is 1.08. The molecule has 0 aromatic rings. The lowest BCUT2D eigenvalue weighted by Gasteiger charge is -2.05. The average Bonchev–Trinajstić information content (AvgIpc) is 1.59. The predicted molar refractivity (Wildman–Crippen MR) is 21.7 cm³/mol. The molecule has 0 aromatic heterocycles. The highest BCUT2D eigenvalue weighted by molar-refractivity contribution is 7.80.